The lowest BCUT2D eigenvalue weighted by Crippen LogP contribution is -2.49. The molecular weight excluding hydrogens is 290 g/mol. The first-order valence-corrected chi connectivity index (χ1v) is 9.12. The molecule has 6 nitrogen and oxygen atoms in total. The Bertz CT molecular complexity index is 362. The van der Waals surface area contributed by atoms with E-state index in [0.717, 1.165) is 51.4 Å². The molecule has 0 bridgehead atoms. The van der Waals surface area contributed by atoms with Gasteiger partial charge in [-0.2, -0.15) is 0 Å². The van der Waals surface area contributed by atoms with Crippen molar-refractivity contribution in [2.45, 2.75) is 65.5 Å². The van der Waals surface area contributed by atoms with Gasteiger partial charge in [0.2, 0.25) is 5.91 Å². The van der Waals surface area contributed by atoms with Crippen LogP contribution in [0.2, 0.25) is 0 Å². The molecule has 1 amide bonds. The summed E-state index contributed by atoms with van der Waals surface area (Å²) in [6.45, 7) is 13.0. The fourth-order valence-electron chi connectivity index (χ4n) is 2.70. The van der Waals surface area contributed by atoms with Crippen molar-refractivity contribution in [3.8, 4) is 0 Å². The molecule has 3 N–H and O–H groups in total. The summed E-state index contributed by atoms with van der Waals surface area (Å²) in [5, 5.41) is 9.67. The SMILES string of the molecule is CCCNC(=O)CCN=C(NCC)NC1CCN(C(C)C)CC1. The lowest BCUT2D eigenvalue weighted by atomic mass is 10.0. The Labute approximate surface area is 141 Å². The fourth-order valence-corrected chi connectivity index (χ4v) is 2.70. The predicted octanol–water partition coefficient (Wildman–Crippen LogP) is 1.33. The van der Waals surface area contributed by atoms with Gasteiger partial charge in [0, 0.05) is 44.7 Å². The van der Waals surface area contributed by atoms with E-state index in [-0.39, 0.29) is 5.91 Å². The first kappa shape index (κ1) is 19.7. The summed E-state index contributed by atoms with van der Waals surface area (Å²) in [5.41, 5.74) is 0. The van der Waals surface area contributed by atoms with Crippen LogP contribution in [0.15, 0.2) is 4.99 Å². The number of likely N-dealkylation sites (tertiary alicyclic amines) is 1. The molecular formula is C17H35N5O. The van der Waals surface area contributed by atoms with Crippen LogP contribution >= 0.6 is 0 Å². The van der Waals surface area contributed by atoms with Gasteiger partial charge in [-0.25, -0.2) is 0 Å². The third-order valence-electron chi connectivity index (χ3n) is 4.13. The van der Waals surface area contributed by atoms with Gasteiger partial charge in [0.05, 0.1) is 6.54 Å². The van der Waals surface area contributed by atoms with E-state index < -0.39 is 0 Å². The minimum absolute atomic E-state index is 0.0803. The van der Waals surface area contributed by atoms with Gasteiger partial charge in [0.15, 0.2) is 5.96 Å². The van der Waals surface area contributed by atoms with Gasteiger partial charge in [-0.05, 0) is 40.0 Å². The Morgan fingerprint density at radius 3 is 2.48 bits per heavy atom. The number of rotatable bonds is 8. The van der Waals surface area contributed by atoms with Crippen LogP contribution in [0, 0.1) is 0 Å². The summed E-state index contributed by atoms with van der Waals surface area (Å²) < 4.78 is 0. The number of nitrogens with zero attached hydrogens (tertiary/aromatic N) is 2. The number of hydrogen-bond donors (Lipinski definition) is 3. The van der Waals surface area contributed by atoms with Gasteiger partial charge in [-0.15, -0.1) is 0 Å². The average Bonchev–Trinajstić information content (AvgIpc) is 2.53. The zero-order valence-corrected chi connectivity index (χ0v) is 15.3. The fraction of sp³-hybridized carbons (Fsp3) is 0.882. The summed E-state index contributed by atoms with van der Waals surface area (Å²) in [7, 11) is 0. The molecule has 0 saturated carbocycles. The van der Waals surface area contributed by atoms with Gasteiger partial charge in [-0.3, -0.25) is 9.79 Å². The van der Waals surface area contributed by atoms with Gasteiger partial charge in [0.1, 0.15) is 0 Å². The molecule has 134 valence electrons. The van der Waals surface area contributed by atoms with Crippen LogP contribution in [-0.2, 0) is 4.79 Å². The van der Waals surface area contributed by atoms with E-state index in [1.165, 1.54) is 0 Å². The highest BCUT2D eigenvalue weighted by Gasteiger charge is 2.21. The van der Waals surface area contributed by atoms with E-state index in [2.05, 4.69) is 53.5 Å². The normalized spacial score (nSPS) is 17.3. The number of carbonyl (C=O) groups excluding carboxylic acids is 1. The molecule has 1 aliphatic heterocycles. The van der Waals surface area contributed by atoms with E-state index >= 15 is 0 Å². The highest BCUT2D eigenvalue weighted by atomic mass is 16.1. The van der Waals surface area contributed by atoms with Gasteiger partial charge >= 0.3 is 0 Å². The number of piperidine rings is 1. The molecule has 0 atom stereocenters. The van der Waals surface area contributed by atoms with Crippen LogP contribution in [0.5, 0.6) is 0 Å². The minimum Gasteiger partial charge on any atom is -0.357 e. The smallest absolute Gasteiger partial charge is 0.221 e. The Hall–Kier alpha value is -1.30. The third kappa shape index (κ3) is 8.21. The number of hydrogen-bond acceptors (Lipinski definition) is 3. The zero-order chi connectivity index (χ0) is 17.1. The molecule has 6 heteroatoms. The van der Waals surface area contributed by atoms with Crippen molar-refractivity contribution >= 4 is 11.9 Å². The third-order valence-corrected chi connectivity index (χ3v) is 4.13. The second-order valence-corrected chi connectivity index (χ2v) is 6.41. The molecule has 0 radical (unpaired) electrons. The molecule has 0 aromatic carbocycles. The summed E-state index contributed by atoms with van der Waals surface area (Å²) in [4.78, 5) is 18.6. The molecule has 0 aromatic heterocycles. The van der Waals surface area contributed by atoms with E-state index in [1.807, 2.05) is 0 Å². The lowest BCUT2D eigenvalue weighted by molar-refractivity contribution is -0.120. The molecule has 1 rings (SSSR count). The molecule has 1 fully saturated rings. The predicted molar refractivity (Wildman–Crippen MR) is 96.8 cm³/mol. The van der Waals surface area contributed by atoms with Gasteiger partial charge in [-0.1, -0.05) is 6.92 Å². The highest BCUT2D eigenvalue weighted by molar-refractivity contribution is 5.81. The maximum absolute atomic E-state index is 11.6. The van der Waals surface area contributed by atoms with Crippen molar-refractivity contribution in [2.75, 3.05) is 32.7 Å². The number of nitrogens with one attached hydrogen (secondary N) is 3. The number of carbonyl (C=O) groups is 1. The average molecular weight is 326 g/mol. The number of aliphatic imine (C=N–C) groups is 1. The van der Waals surface area contributed by atoms with E-state index in [4.69, 9.17) is 0 Å². The maximum atomic E-state index is 11.6. The van der Waals surface area contributed by atoms with Gasteiger partial charge < -0.3 is 20.9 Å². The van der Waals surface area contributed by atoms with Crippen molar-refractivity contribution in [3.05, 3.63) is 0 Å². The molecule has 1 saturated heterocycles. The van der Waals surface area contributed by atoms with Crippen LogP contribution in [0.3, 0.4) is 0 Å². The van der Waals surface area contributed by atoms with Crippen LogP contribution in [0.25, 0.3) is 0 Å². The van der Waals surface area contributed by atoms with Crippen molar-refractivity contribution in [2.24, 2.45) is 4.99 Å². The molecule has 1 heterocycles. The van der Waals surface area contributed by atoms with Crippen LogP contribution in [-0.4, -0.2) is 61.6 Å². The minimum atomic E-state index is 0.0803. The van der Waals surface area contributed by atoms with Gasteiger partial charge in [0.25, 0.3) is 0 Å². The standard InChI is InChI=1S/C17H35N5O/c1-5-10-19-16(23)7-11-20-17(18-6-2)21-15-8-12-22(13-9-15)14(3)4/h14-15H,5-13H2,1-4H3,(H,19,23)(H2,18,20,21). The van der Waals surface area contributed by atoms with Crippen LogP contribution < -0.4 is 16.0 Å². The topological polar surface area (TPSA) is 68.8 Å². The Kier molecular flexibility index (Phi) is 9.67. The van der Waals surface area contributed by atoms with Crippen molar-refractivity contribution < 1.29 is 4.79 Å². The molecule has 0 aliphatic carbocycles. The molecule has 0 unspecified atom stereocenters. The van der Waals surface area contributed by atoms with Crippen molar-refractivity contribution in [1.82, 2.24) is 20.9 Å². The molecule has 1 aliphatic rings. The largest absolute Gasteiger partial charge is 0.357 e. The summed E-state index contributed by atoms with van der Waals surface area (Å²) >= 11 is 0. The van der Waals surface area contributed by atoms with E-state index in [9.17, 15) is 4.79 Å². The second-order valence-electron chi connectivity index (χ2n) is 6.41. The maximum Gasteiger partial charge on any atom is 0.221 e. The second kappa shape index (κ2) is 11.3. The molecule has 23 heavy (non-hydrogen) atoms. The van der Waals surface area contributed by atoms with Crippen molar-refractivity contribution in [3.63, 3.8) is 0 Å². The number of guanidine groups is 1. The summed E-state index contributed by atoms with van der Waals surface area (Å²) in [5.74, 6) is 0.912. The molecule has 0 aromatic rings. The highest BCUT2D eigenvalue weighted by Crippen LogP contribution is 2.12. The summed E-state index contributed by atoms with van der Waals surface area (Å²) in [6.07, 6.45) is 3.69. The lowest BCUT2D eigenvalue weighted by Gasteiger charge is -2.35. The van der Waals surface area contributed by atoms with Crippen LogP contribution in [0.4, 0.5) is 0 Å². The first-order valence-electron chi connectivity index (χ1n) is 9.12. The van der Waals surface area contributed by atoms with Crippen molar-refractivity contribution in [1.29, 1.82) is 0 Å². The van der Waals surface area contributed by atoms with E-state index in [1.54, 1.807) is 0 Å². The Morgan fingerprint density at radius 2 is 1.91 bits per heavy atom. The summed E-state index contributed by atoms with van der Waals surface area (Å²) in [6, 6.07) is 1.09. The van der Waals surface area contributed by atoms with Crippen LogP contribution in [0.1, 0.15) is 53.4 Å². The first-order chi connectivity index (χ1) is 11.1. The Balaban J connectivity index is 2.36. The monoisotopic (exact) mass is 325 g/mol. The van der Waals surface area contributed by atoms with E-state index in [0.29, 0.717) is 25.0 Å². The zero-order valence-electron chi connectivity index (χ0n) is 15.3. The Morgan fingerprint density at radius 1 is 1.22 bits per heavy atom. The molecule has 0 spiro atoms. The quantitative estimate of drug-likeness (QED) is 0.465. The number of amides is 1.